The number of primary amides is 1. The van der Waals surface area contributed by atoms with Gasteiger partial charge in [0.1, 0.15) is 11.4 Å². The number of nitrogens with zero attached hydrogens (tertiary/aromatic N) is 4. The fourth-order valence-corrected chi connectivity index (χ4v) is 4.52. The summed E-state index contributed by atoms with van der Waals surface area (Å²) in [7, 11) is 0. The van der Waals surface area contributed by atoms with E-state index in [1.165, 1.54) is 5.56 Å². The SMILES string of the molecule is NC(=O)C1CCN(c2ccc(C#Cc3c(Cl)ccn(N4CCc5ccccc54)c3=O)cn2)C1. The number of aromatic nitrogens is 2. The molecule has 4 heterocycles. The minimum atomic E-state index is -0.275. The second kappa shape index (κ2) is 8.64. The lowest BCUT2D eigenvalue weighted by Gasteiger charge is -2.22. The summed E-state index contributed by atoms with van der Waals surface area (Å²) in [5.41, 5.74) is 8.29. The Bertz CT molecular complexity index is 1340. The molecule has 0 saturated carbocycles. The van der Waals surface area contributed by atoms with E-state index in [-0.39, 0.29) is 22.9 Å². The predicted octanol–water partition coefficient (Wildman–Crippen LogP) is 2.43. The minimum Gasteiger partial charge on any atom is -0.369 e. The Kier molecular flexibility index (Phi) is 5.53. The van der Waals surface area contributed by atoms with Crippen LogP contribution in [-0.2, 0) is 11.2 Å². The molecule has 166 valence electrons. The van der Waals surface area contributed by atoms with Crippen LogP contribution in [0.4, 0.5) is 11.5 Å². The van der Waals surface area contributed by atoms with Crippen LogP contribution in [0.2, 0.25) is 5.02 Å². The van der Waals surface area contributed by atoms with Crippen LogP contribution in [0.25, 0.3) is 0 Å². The van der Waals surface area contributed by atoms with Gasteiger partial charge in [-0.25, -0.2) is 9.66 Å². The summed E-state index contributed by atoms with van der Waals surface area (Å²) in [5, 5.41) is 2.26. The molecule has 3 aromatic rings. The number of carbonyl (C=O) groups is 1. The Labute approximate surface area is 196 Å². The third-order valence-corrected chi connectivity index (χ3v) is 6.45. The van der Waals surface area contributed by atoms with Crippen LogP contribution in [0.1, 0.15) is 23.1 Å². The number of para-hydroxylation sites is 1. The Hall–Kier alpha value is -3.76. The zero-order valence-corrected chi connectivity index (χ0v) is 18.6. The lowest BCUT2D eigenvalue weighted by Crippen LogP contribution is -2.38. The van der Waals surface area contributed by atoms with E-state index in [1.54, 1.807) is 23.1 Å². The fourth-order valence-electron chi connectivity index (χ4n) is 4.33. The normalized spacial score (nSPS) is 16.9. The summed E-state index contributed by atoms with van der Waals surface area (Å²) in [6.45, 7) is 2.03. The molecule has 2 aliphatic rings. The average Bonchev–Trinajstić information content (AvgIpc) is 3.48. The largest absolute Gasteiger partial charge is 0.369 e. The van der Waals surface area contributed by atoms with Gasteiger partial charge >= 0.3 is 0 Å². The molecule has 2 aromatic heterocycles. The Morgan fingerprint density at radius 1 is 1.12 bits per heavy atom. The second-order valence-corrected chi connectivity index (χ2v) is 8.59. The van der Waals surface area contributed by atoms with Gasteiger partial charge in [-0.15, -0.1) is 0 Å². The van der Waals surface area contributed by atoms with Crippen molar-refractivity contribution in [3.63, 3.8) is 0 Å². The van der Waals surface area contributed by atoms with Crippen molar-refractivity contribution in [2.75, 3.05) is 29.5 Å². The number of halogens is 1. The summed E-state index contributed by atoms with van der Waals surface area (Å²) in [5.74, 6) is 6.30. The van der Waals surface area contributed by atoms with E-state index in [0.717, 1.165) is 30.9 Å². The van der Waals surface area contributed by atoms with E-state index in [0.29, 0.717) is 23.7 Å². The van der Waals surface area contributed by atoms with Crippen LogP contribution in [0.15, 0.2) is 59.7 Å². The first-order valence-corrected chi connectivity index (χ1v) is 11.2. The lowest BCUT2D eigenvalue weighted by molar-refractivity contribution is -0.121. The van der Waals surface area contributed by atoms with E-state index in [2.05, 4.69) is 22.9 Å². The highest BCUT2D eigenvalue weighted by Crippen LogP contribution is 2.27. The van der Waals surface area contributed by atoms with Crippen molar-refractivity contribution in [2.45, 2.75) is 12.8 Å². The first-order valence-electron chi connectivity index (χ1n) is 10.8. The van der Waals surface area contributed by atoms with Crippen molar-refractivity contribution in [3.05, 3.63) is 86.9 Å². The van der Waals surface area contributed by atoms with Gasteiger partial charge in [0.2, 0.25) is 5.91 Å². The van der Waals surface area contributed by atoms with Crippen LogP contribution < -0.4 is 21.2 Å². The first kappa shape index (κ1) is 21.1. The van der Waals surface area contributed by atoms with Crippen molar-refractivity contribution in [1.82, 2.24) is 9.66 Å². The van der Waals surface area contributed by atoms with Crippen LogP contribution >= 0.6 is 11.6 Å². The maximum atomic E-state index is 13.2. The topological polar surface area (TPSA) is 84.5 Å². The van der Waals surface area contributed by atoms with Gasteiger partial charge in [-0.1, -0.05) is 41.6 Å². The van der Waals surface area contributed by atoms with Gasteiger partial charge in [0, 0.05) is 37.6 Å². The molecule has 0 spiro atoms. The number of benzene rings is 1. The number of nitrogens with two attached hydrogens (primary N) is 1. The summed E-state index contributed by atoms with van der Waals surface area (Å²) in [6.07, 6.45) is 4.95. The van der Waals surface area contributed by atoms with Crippen LogP contribution in [-0.4, -0.2) is 35.2 Å². The molecule has 0 aliphatic carbocycles. The van der Waals surface area contributed by atoms with E-state index in [4.69, 9.17) is 17.3 Å². The van der Waals surface area contributed by atoms with Crippen molar-refractivity contribution in [2.24, 2.45) is 11.7 Å². The van der Waals surface area contributed by atoms with Gasteiger partial charge in [-0.3, -0.25) is 14.6 Å². The Balaban J connectivity index is 1.39. The molecule has 2 N–H and O–H groups in total. The van der Waals surface area contributed by atoms with Gasteiger partial charge in [0.05, 0.1) is 16.6 Å². The molecule has 1 fully saturated rings. The summed E-state index contributed by atoms with van der Waals surface area (Å²) in [6, 6.07) is 13.4. The molecule has 0 bridgehead atoms. The molecule has 1 amide bonds. The third kappa shape index (κ3) is 4.06. The zero-order valence-electron chi connectivity index (χ0n) is 17.9. The van der Waals surface area contributed by atoms with Crippen molar-refractivity contribution < 1.29 is 4.79 Å². The maximum Gasteiger partial charge on any atom is 0.286 e. The predicted molar refractivity (Wildman–Crippen MR) is 128 cm³/mol. The molecule has 0 radical (unpaired) electrons. The molecular weight excluding hydrogens is 438 g/mol. The number of hydrogen-bond acceptors (Lipinski definition) is 5. The number of fused-ring (bicyclic) bond motifs is 1. The number of carbonyl (C=O) groups excluding carboxylic acids is 1. The molecule has 8 heteroatoms. The van der Waals surface area contributed by atoms with Crippen molar-refractivity contribution in [3.8, 4) is 11.8 Å². The first-order chi connectivity index (χ1) is 16.0. The molecular formula is C25H22ClN5O2. The zero-order chi connectivity index (χ0) is 22.9. The quantitative estimate of drug-likeness (QED) is 0.608. The van der Waals surface area contributed by atoms with E-state index >= 15 is 0 Å². The molecule has 2 aliphatic heterocycles. The van der Waals surface area contributed by atoms with Gasteiger partial charge < -0.3 is 10.6 Å². The highest BCUT2D eigenvalue weighted by atomic mass is 35.5. The molecule has 1 aromatic carbocycles. The van der Waals surface area contributed by atoms with Crippen molar-refractivity contribution in [1.29, 1.82) is 0 Å². The number of anilines is 2. The molecule has 1 saturated heterocycles. The van der Waals surface area contributed by atoms with Gasteiger partial charge in [-0.05, 0) is 42.7 Å². The fraction of sp³-hybridized carbons (Fsp3) is 0.240. The number of rotatable bonds is 3. The van der Waals surface area contributed by atoms with E-state index in [9.17, 15) is 9.59 Å². The van der Waals surface area contributed by atoms with Crippen LogP contribution in [0.3, 0.4) is 0 Å². The summed E-state index contributed by atoms with van der Waals surface area (Å²) in [4.78, 5) is 31.1. The minimum absolute atomic E-state index is 0.142. The van der Waals surface area contributed by atoms with E-state index < -0.39 is 0 Å². The molecule has 5 rings (SSSR count). The van der Waals surface area contributed by atoms with Gasteiger partial charge in [-0.2, -0.15) is 0 Å². The summed E-state index contributed by atoms with van der Waals surface area (Å²) >= 11 is 6.33. The smallest absolute Gasteiger partial charge is 0.286 e. The number of pyridine rings is 2. The third-order valence-electron chi connectivity index (χ3n) is 6.14. The standard InChI is InChI=1S/C25H22ClN5O2/c26-21-11-14-31(30-13-10-18-3-1-2-4-22(18)30)25(33)20(21)7-5-17-6-8-23(28-15-17)29-12-9-19(16-29)24(27)32/h1-4,6,8,11,14-15,19H,9-10,12-13,16H2,(H2,27,32). The van der Waals surface area contributed by atoms with Gasteiger partial charge in [0.25, 0.3) is 5.56 Å². The Morgan fingerprint density at radius 2 is 1.97 bits per heavy atom. The molecule has 1 atom stereocenters. The average molecular weight is 460 g/mol. The highest BCUT2D eigenvalue weighted by Gasteiger charge is 2.27. The van der Waals surface area contributed by atoms with Crippen LogP contribution in [0.5, 0.6) is 0 Å². The highest BCUT2D eigenvalue weighted by molar-refractivity contribution is 6.31. The number of hydrogen-bond donors (Lipinski definition) is 1. The summed E-state index contributed by atoms with van der Waals surface area (Å²) < 4.78 is 1.58. The van der Waals surface area contributed by atoms with Gasteiger partial charge in [0.15, 0.2) is 0 Å². The monoisotopic (exact) mass is 459 g/mol. The van der Waals surface area contributed by atoms with Crippen LogP contribution in [0, 0.1) is 17.8 Å². The second-order valence-electron chi connectivity index (χ2n) is 8.18. The number of amides is 1. The van der Waals surface area contributed by atoms with E-state index in [1.807, 2.05) is 40.2 Å². The molecule has 7 nitrogen and oxygen atoms in total. The Morgan fingerprint density at radius 3 is 2.73 bits per heavy atom. The van der Waals surface area contributed by atoms with Crippen molar-refractivity contribution >= 4 is 29.0 Å². The maximum absolute atomic E-state index is 13.2. The lowest BCUT2D eigenvalue weighted by atomic mass is 10.1. The molecule has 33 heavy (non-hydrogen) atoms. The molecule has 1 unspecified atom stereocenters.